The van der Waals surface area contributed by atoms with Crippen molar-refractivity contribution >= 4 is 35.2 Å². The Hall–Kier alpha value is -4.85. The highest BCUT2D eigenvalue weighted by atomic mass is 16.5. The van der Waals surface area contributed by atoms with Gasteiger partial charge in [0.1, 0.15) is 5.75 Å². The van der Waals surface area contributed by atoms with Gasteiger partial charge in [0.15, 0.2) is 12.4 Å². The number of aryl methyl sites for hydroxylation is 1. The van der Waals surface area contributed by atoms with Crippen LogP contribution in [0.15, 0.2) is 84.9 Å². The number of nitrogens with zero attached hydrogens (tertiary/aromatic N) is 1. The first-order valence-corrected chi connectivity index (χ1v) is 13.1. The zero-order valence-electron chi connectivity index (χ0n) is 21.6. The highest BCUT2D eigenvalue weighted by Gasteiger charge is 2.59. The molecule has 1 saturated carbocycles. The average molecular weight is 536 g/mol. The summed E-state index contributed by atoms with van der Waals surface area (Å²) >= 11 is 0. The summed E-state index contributed by atoms with van der Waals surface area (Å²) in [5.41, 5.74) is 2.16. The van der Waals surface area contributed by atoms with Crippen LogP contribution in [0.4, 0.5) is 5.69 Å². The predicted molar refractivity (Wildman–Crippen MR) is 144 cm³/mol. The van der Waals surface area contributed by atoms with Crippen molar-refractivity contribution in [3.63, 3.8) is 0 Å². The second-order valence-corrected chi connectivity index (χ2v) is 10.3. The summed E-state index contributed by atoms with van der Waals surface area (Å²) in [5.74, 6) is -2.41. The van der Waals surface area contributed by atoms with Crippen LogP contribution in [0.3, 0.4) is 0 Å². The third-order valence-corrected chi connectivity index (χ3v) is 7.82. The van der Waals surface area contributed by atoms with Gasteiger partial charge in [0.05, 0.1) is 28.7 Å². The van der Waals surface area contributed by atoms with Crippen LogP contribution in [-0.2, 0) is 14.3 Å². The fraction of sp³-hybridized carbons (Fsp3) is 0.219. The van der Waals surface area contributed by atoms with Crippen LogP contribution < -0.4 is 9.64 Å². The molecular formula is C32H25NO7. The van der Waals surface area contributed by atoms with E-state index in [2.05, 4.69) is 0 Å². The number of carbonyl (C=O) groups excluding carboxylic acids is 5. The lowest BCUT2D eigenvalue weighted by molar-refractivity contribution is -0.123. The molecule has 2 amide bonds. The number of esters is 2. The van der Waals surface area contributed by atoms with Gasteiger partial charge in [-0.1, -0.05) is 35.9 Å². The van der Waals surface area contributed by atoms with Gasteiger partial charge < -0.3 is 9.47 Å². The molecule has 1 aliphatic heterocycles. The Morgan fingerprint density at radius 3 is 2.05 bits per heavy atom. The molecule has 4 unspecified atom stereocenters. The molecule has 2 bridgehead atoms. The quantitative estimate of drug-likeness (QED) is 0.143. The molecule has 0 radical (unpaired) electrons. The zero-order valence-corrected chi connectivity index (χ0v) is 21.6. The van der Waals surface area contributed by atoms with E-state index < -0.39 is 24.3 Å². The Morgan fingerprint density at radius 2 is 1.40 bits per heavy atom. The number of anilines is 1. The molecule has 4 atom stereocenters. The van der Waals surface area contributed by atoms with Crippen molar-refractivity contribution in [3.8, 4) is 5.75 Å². The van der Waals surface area contributed by atoms with E-state index in [1.165, 1.54) is 41.3 Å². The van der Waals surface area contributed by atoms with Crippen LogP contribution in [0.5, 0.6) is 5.75 Å². The topological polar surface area (TPSA) is 107 Å². The highest BCUT2D eigenvalue weighted by Crippen LogP contribution is 2.53. The first kappa shape index (κ1) is 25.4. The lowest BCUT2D eigenvalue weighted by atomic mass is 9.85. The molecule has 40 heavy (non-hydrogen) atoms. The van der Waals surface area contributed by atoms with Crippen molar-refractivity contribution in [2.24, 2.45) is 23.7 Å². The molecule has 0 aromatic heterocycles. The monoisotopic (exact) mass is 535 g/mol. The average Bonchev–Trinajstić information content (AvgIpc) is 3.65. The number of hydrogen-bond acceptors (Lipinski definition) is 7. The number of rotatable bonds is 7. The number of benzene rings is 3. The first-order valence-electron chi connectivity index (χ1n) is 13.1. The number of hydrogen-bond donors (Lipinski definition) is 0. The molecule has 2 fully saturated rings. The van der Waals surface area contributed by atoms with Crippen molar-refractivity contribution in [1.29, 1.82) is 0 Å². The van der Waals surface area contributed by atoms with Gasteiger partial charge in [-0.15, -0.1) is 0 Å². The van der Waals surface area contributed by atoms with Crippen molar-refractivity contribution < 1.29 is 33.4 Å². The van der Waals surface area contributed by atoms with Gasteiger partial charge in [-0.05, 0) is 79.8 Å². The van der Waals surface area contributed by atoms with Crippen LogP contribution in [-0.4, -0.2) is 36.1 Å². The van der Waals surface area contributed by atoms with E-state index in [-0.39, 0.29) is 52.4 Å². The van der Waals surface area contributed by atoms with E-state index in [0.29, 0.717) is 11.3 Å². The minimum Gasteiger partial charge on any atom is -0.454 e. The van der Waals surface area contributed by atoms with Gasteiger partial charge in [-0.2, -0.15) is 0 Å². The molecule has 200 valence electrons. The van der Waals surface area contributed by atoms with Gasteiger partial charge in [-0.25, -0.2) is 14.5 Å². The minimum absolute atomic E-state index is 0.0879. The Labute approximate surface area is 230 Å². The Kier molecular flexibility index (Phi) is 6.38. The fourth-order valence-corrected chi connectivity index (χ4v) is 5.79. The molecule has 0 spiro atoms. The normalized spacial score (nSPS) is 22.4. The number of amides is 2. The zero-order chi connectivity index (χ0) is 28.0. The second kappa shape index (κ2) is 10.0. The summed E-state index contributed by atoms with van der Waals surface area (Å²) in [6.07, 6.45) is 4.88. The van der Waals surface area contributed by atoms with E-state index in [9.17, 15) is 24.0 Å². The van der Waals surface area contributed by atoms with Crippen LogP contribution in [0, 0.1) is 30.6 Å². The third kappa shape index (κ3) is 4.51. The SMILES string of the molecule is Cc1ccc(C(=O)Oc2ccc(C(=O)COC(=O)c3cccc(N4C(=O)C5C6C=CC(C6)C5C4=O)c3)cc2)cc1. The van der Waals surface area contributed by atoms with Gasteiger partial charge in [0, 0.05) is 5.56 Å². The molecular weight excluding hydrogens is 510 g/mol. The first-order chi connectivity index (χ1) is 19.3. The number of carbonyl (C=O) groups is 5. The predicted octanol–water partition coefficient (Wildman–Crippen LogP) is 4.57. The van der Waals surface area contributed by atoms with Crippen molar-refractivity contribution in [2.75, 3.05) is 11.5 Å². The Balaban J connectivity index is 1.06. The maximum Gasteiger partial charge on any atom is 0.343 e. The molecule has 2 aliphatic carbocycles. The van der Waals surface area contributed by atoms with Gasteiger partial charge in [0.25, 0.3) is 0 Å². The van der Waals surface area contributed by atoms with E-state index in [0.717, 1.165) is 12.0 Å². The number of ether oxygens (including phenoxy) is 2. The number of fused-ring (bicyclic) bond motifs is 5. The number of allylic oxidation sites excluding steroid dienone is 2. The summed E-state index contributed by atoms with van der Waals surface area (Å²) in [7, 11) is 0. The molecule has 8 heteroatoms. The minimum atomic E-state index is -0.750. The van der Waals surface area contributed by atoms with Gasteiger partial charge >= 0.3 is 11.9 Å². The second-order valence-electron chi connectivity index (χ2n) is 10.3. The van der Waals surface area contributed by atoms with E-state index in [1.54, 1.807) is 24.3 Å². The summed E-state index contributed by atoms with van der Waals surface area (Å²) in [4.78, 5) is 65.0. The Bertz CT molecular complexity index is 1540. The van der Waals surface area contributed by atoms with E-state index in [1.807, 2.05) is 31.2 Å². The molecule has 3 aromatic rings. The van der Waals surface area contributed by atoms with Gasteiger partial charge in [-0.3, -0.25) is 14.4 Å². The van der Waals surface area contributed by atoms with Crippen LogP contribution in [0.25, 0.3) is 0 Å². The van der Waals surface area contributed by atoms with Crippen LogP contribution in [0.2, 0.25) is 0 Å². The molecule has 0 N–H and O–H groups in total. The molecule has 1 heterocycles. The maximum atomic E-state index is 13.1. The number of ketones is 1. The highest BCUT2D eigenvalue weighted by molar-refractivity contribution is 6.23. The van der Waals surface area contributed by atoms with Crippen molar-refractivity contribution in [3.05, 3.63) is 107 Å². The lowest BCUT2D eigenvalue weighted by Gasteiger charge is -2.18. The maximum absolute atomic E-state index is 13.1. The summed E-state index contributed by atoms with van der Waals surface area (Å²) in [6.45, 7) is 1.41. The molecule has 1 saturated heterocycles. The van der Waals surface area contributed by atoms with Gasteiger partial charge in [0.2, 0.25) is 11.8 Å². The standard InChI is InChI=1S/C32H25NO7/c1-18-5-7-20(8-6-18)32(38)40-25-13-11-19(12-14-25)26(34)17-39-31(37)23-3-2-4-24(16-23)33-29(35)27-21-9-10-22(15-21)28(27)30(33)36/h2-14,16,21-22,27-28H,15,17H2,1H3. The lowest BCUT2D eigenvalue weighted by Crippen LogP contribution is -2.33. The van der Waals surface area contributed by atoms with Crippen molar-refractivity contribution in [1.82, 2.24) is 0 Å². The number of imide groups is 1. The summed E-state index contributed by atoms with van der Waals surface area (Å²) < 4.78 is 10.6. The fourth-order valence-electron chi connectivity index (χ4n) is 5.79. The third-order valence-electron chi connectivity index (χ3n) is 7.82. The van der Waals surface area contributed by atoms with E-state index >= 15 is 0 Å². The van der Waals surface area contributed by atoms with Crippen LogP contribution >= 0.6 is 0 Å². The number of Topliss-reactive ketones (excluding diaryl/α,β-unsaturated/α-hetero) is 1. The van der Waals surface area contributed by atoms with Crippen molar-refractivity contribution in [2.45, 2.75) is 13.3 Å². The molecule has 8 nitrogen and oxygen atoms in total. The van der Waals surface area contributed by atoms with Crippen LogP contribution in [0.1, 0.15) is 43.1 Å². The van der Waals surface area contributed by atoms with E-state index in [4.69, 9.17) is 9.47 Å². The molecule has 3 aromatic carbocycles. The smallest absolute Gasteiger partial charge is 0.343 e. The summed E-state index contributed by atoms with van der Waals surface area (Å²) in [6, 6.07) is 19.1. The molecule has 6 rings (SSSR count). The molecule has 3 aliphatic rings. The summed E-state index contributed by atoms with van der Waals surface area (Å²) in [5, 5.41) is 0. The largest absolute Gasteiger partial charge is 0.454 e. The Morgan fingerprint density at radius 1 is 0.775 bits per heavy atom.